The molecule has 1 heterocycles. The lowest BCUT2D eigenvalue weighted by Crippen LogP contribution is -2.05. The molecule has 0 N–H and O–H groups in total. The third kappa shape index (κ3) is 2.28. The Kier molecular flexibility index (Phi) is 3.40. The summed E-state index contributed by atoms with van der Waals surface area (Å²) in [6.45, 7) is 1.91. The highest BCUT2D eigenvalue weighted by atomic mass is 79.9. The van der Waals surface area contributed by atoms with Gasteiger partial charge < -0.3 is 4.42 Å². The zero-order valence-corrected chi connectivity index (χ0v) is 13.0. The van der Waals surface area contributed by atoms with Crippen LogP contribution in [0.3, 0.4) is 0 Å². The Hall–Kier alpha value is -1.58. The third-order valence-corrected chi connectivity index (χ3v) is 4.02. The summed E-state index contributed by atoms with van der Waals surface area (Å²) in [6, 6.07) is 12.8. The molecular weight excluding hydrogens is 340 g/mol. The smallest absolute Gasteiger partial charge is 0.344 e. The molecule has 0 unspecified atom stereocenters. The maximum Gasteiger partial charge on any atom is 0.344 e. The molecule has 0 amide bonds. The summed E-state index contributed by atoms with van der Waals surface area (Å²) < 4.78 is 6.35. The summed E-state index contributed by atoms with van der Waals surface area (Å²) in [7, 11) is 0. The first-order valence-corrected chi connectivity index (χ1v) is 7.22. The second-order valence-corrected chi connectivity index (χ2v) is 5.89. The SMILES string of the molecule is Cc1c(-c2ccc(Br)cc2)c(=O)oc2ccc(Cl)cc12. The summed E-state index contributed by atoms with van der Waals surface area (Å²) >= 11 is 9.41. The quantitative estimate of drug-likeness (QED) is 0.566. The van der Waals surface area contributed by atoms with Gasteiger partial charge in [-0.3, -0.25) is 0 Å². The molecule has 0 aliphatic rings. The summed E-state index contributed by atoms with van der Waals surface area (Å²) in [5, 5.41) is 1.48. The van der Waals surface area contributed by atoms with Crippen molar-refractivity contribution in [2.45, 2.75) is 6.92 Å². The minimum Gasteiger partial charge on any atom is -0.422 e. The van der Waals surface area contributed by atoms with E-state index in [4.69, 9.17) is 16.0 Å². The Morgan fingerprint density at radius 3 is 2.50 bits per heavy atom. The van der Waals surface area contributed by atoms with Crippen molar-refractivity contribution in [2.24, 2.45) is 0 Å². The summed E-state index contributed by atoms with van der Waals surface area (Å²) in [4.78, 5) is 12.2. The van der Waals surface area contributed by atoms with Gasteiger partial charge in [0.1, 0.15) is 5.58 Å². The Morgan fingerprint density at radius 1 is 1.10 bits per heavy atom. The van der Waals surface area contributed by atoms with Crippen LogP contribution in [0, 0.1) is 6.92 Å². The monoisotopic (exact) mass is 348 g/mol. The van der Waals surface area contributed by atoms with Gasteiger partial charge in [0.15, 0.2) is 0 Å². The van der Waals surface area contributed by atoms with Crippen LogP contribution in [-0.4, -0.2) is 0 Å². The third-order valence-electron chi connectivity index (χ3n) is 3.26. The number of halogens is 2. The first kappa shape index (κ1) is 13.4. The average molecular weight is 350 g/mol. The van der Waals surface area contributed by atoms with Gasteiger partial charge in [0.25, 0.3) is 0 Å². The molecule has 2 aromatic carbocycles. The van der Waals surface area contributed by atoms with Crippen LogP contribution in [0.15, 0.2) is 56.1 Å². The summed E-state index contributed by atoms with van der Waals surface area (Å²) in [5.74, 6) is 0. The molecule has 3 rings (SSSR count). The highest BCUT2D eigenvalue weighted by Gasteiger charge is 2.13. The van der Waals surface area contributed by atoms with E-state index in [1.54, 1.807) is 12.1 Å². The van der Waals surface area contributed by atoms with Crippen LogP contribution in [0.25, 0.3) is 22.1 Å². The van der Waals surface area contributed by atoms with E-state index in [1.807, 2.05) is 37.3 Å². The lowest BCUT2D eigenvalue weighted by atomic mass is 10.00. The molecule has 0 aliphatic carbocycles. The molecule has 100 valence electrons. The van der Waals surface area contributed by atoms with Gasteiger partial charge in [0.05, 0.1) is 5.56 Å². The highest BCUT2D eigenvalue weighted by Crippen LogP contribution is 2.29. The molecular formula is C16H10BrClO2. The number of aryl methyl sites for hydroxylation is 1. The zero-order valence-electron chi connectivity index (χ0n) is 10.6. The summed E-state index contributed by atoms with van der Waals surface area (Å²) in [6.07, 6.45) is 0. The van der Waals surface area contributed by atoms with E-state index in [2.05, 4.69) is 15.9 Å². The van der Waals surface area contributed by atoms with Gasteiger partial charge in [0.2, 0.25) is 0 Å². The Bertz CT molecular complexity index is 851. The van der Waals surface area contributed by atoms with Crippen LogP contribution in [-0.2, 0) is 0 Å². The van der Waals surface area contributed by atoms with Gasteiger partial charge in [-0.15, -0.1) is 0 Å². The normalized spacial score (nSPS) is 10.9. The summed E-state index contributed by atoms with van der Waals surface area (Å²) in [5.41, 5.74) is 2.51. The number of fused-ring (bicyclic) bond motifs is 1. The first-order valence-electron chi connectivity index (χ1n) is 6.05. The minimum atomic E-state index is -0.334. The number of benzene rings is 2. The van der Waals surface area contributed by atoms with Crippen molar-refractivity contribution in [3.8, 4) is 11.1 Å². The molecule has 0 fully saturated rings. The predicted octanol–water partition coefficient (Wildman–Crippen LogP) is 5.18. The van der Waals surface area contributed by atoms with Crippen molar-refractivity contribution < 1.29 is 4.42 Å². The fourth-order valence-corrected chi connectivity index (χ4v) is 2.71. The molecule has 1 aromatic heterocycles. The van der Waals surface area contributed by atoms with Crippen molar-refractivity contribution in [1.29, 1.82) is 0 Å². The molecule has 2 nitrogen and oxygen atoms in total. The second kappa shape index (κ2) is 5.08. The van der Waals surface area contributed by atoms with Crippen molar-refractivity contribution in [3.63, 3.8) is 0 Å². The van der Waals surface area contributed by atoms with Gasteiger partial charge in [-0.1, -0.05) is 39.7 Å². The molecule has 0 saturated heterocycles. The van der Waals surface area contributed by atoms with E-state index < -0.39 is 0 Å². The van der Waals surface area contributed by atoms with Crippen LogP contribution in [0.5, 0.6) is 0 Å². The highest BCUT2D eigenvalue weighted by molar-refractivity contribution is 9.10. The molecule has 0 atom stereocenters. The standard InChI is InChI=1S/C16H10BrClO2/c1-9-13-8-12(18)6-7-14(13)20-16(19)15(9)10-2-4-11(17)5-3-10/h2-8H,1H3. The number of hydrogen-bond donors (Lipinski definition) is 0. The van der Waals surface area contributed by atoms with E-state index >= 15 is 0 Å². The average Bonchev–Trinajstić information content (AvgIpc) is 2.42. The Balaban J connectivity index is 2.35. The number of hydrogen-bond acceptors (Lipinski definition) is 2. The molecule has 4 heteroatoms. The molecule has 20 heavy (non-hydrogen) atoms. The van der Waals surface area contributed by atoms with Crippen LogP contribution < -0.4 is 5.63 Å². The maximum atomic E-state index is 12.2. The van der Waals surface area contributed by atoms with E-state index in [0.717, 1.165) is 21.0 Å². The number of rotatable bonds is 1. The fraction of sp³-hybridized carbons (Fsp3) is 0.0625. The molecule has 0 spiro atoms. The van der Waals surface area contributed by atoms with Crippen LogP contribution in [0.2, 0.25) is 5.02 Å². The first-order chi connectivity index (χ1) is 9.56. The Morgan fingerprint density at radius 2 is 1.80 bits per heavy atom. The topological polar surface area (TPSA) is 30.2 Å². The van der Waals surface area contributed by atoms with Crippen LogP contribution in [0.4, 0.5) is 0 Å². The second-order valence-electron chi connectivity index (χ2n) is 4.54. The maximum absolute atomic E-state index is 12.2. The van der Waals surface area contributed by atoms with Crippen molar-refractivity contribution in [3.05, 3.63) is 67.9 Å². The predicted molar refractivity (Wildman–Crippen MR) is 85.4 cm³/mol. The molecule has 0 saturated carbocycles. The van der Waals surface area contributed by atoms with Crippen molar-refractivity contribution in [1.82, 2.24) is 0 Å². The van der Waals surface area contributed by atoms with Gasteiger partial charge >= 0.3 is 5.63 Å². The van der Waals surface area contributed by atoms with Crippen LogP contribution >= 0.6 is 27.5 Å². The zero-order chi connectivity index (χ0) is 14.3. The molecule has 0 bridgehead atoms. The van der Waals surface area contributed by atoms with Crippen molar-refractivity contribution in [2.75, 3.05) is 0 Å². The van der Waals surface area contributed by atoms with Gasteiger partial charge in [0, 0.05) is 14.9 Å². The van der Waals surface area contributed by atoms with Gasteiger partial charge in [-0.25, -0.2) is 4.79 Å². The van der Waals surface area contributed by atoms with E-state index in [0.29, 0.717) is 16.2 Å². The lowest BCUT2D eigenvalue weighted by molar-refractivity contribution is 0.562. The molecule has 3 aromatic rings. The van der Waals surface area contributed by atoms with E-state index in [1.165, 1.54) is 0 Å². The van der Waals surface area contributed by atoms with Gasteiger partial charge in [-0.05, 0) is 48.4 Å². The largest absolute Gasteiger partial charge is 0.422 e. The Labute approximate surface area is 129 Å². The fourth-order valence-electron chi connectivity index (χ4n) is 2.27. The molecule has 0 aliphatic heterocycles. The van der Waals surface area contributed by atoms with E-state index in [9.17, 15) is 4.79 Å². The van der Waals surface area contributed by atoms with Crippen LogP contribution in [0.1, 0.15) is 5.56 Å². The minimum absolute atomic E-state index is 0.334. The van der Waals surface area contributed by atoms with Gasteiger partial charge in [-0.2, -0.15) is 0 Å². The molecule has 0 radical (unpaired) electrons. The lowest BCUT2D eigenvalue weighted by Gasteiger charge is -2.08. The van der Waals surface area contributed by atoms with Crippen molar-refractivity contribution >= 4 is 38.5 Å². The van der Waals surface area contributed by atoms with E-state index in [-0.39, 0.29) is 5.63 Å².